The van der Waals surface area contributed by atoms with Gasteiger partial charge >= 0.3 is 0 Å². The Morgan fingerprint density at radius 2 is 1.81 bits per heavy atom. The van der Waals surface area contributed by atoms with Crippen LogP contribution < -0.4 is 15.4 Å². The molecule has 2 aromatic carbocycles. The molecule has 1 heterocycles. The number of benzene rings is 2. The van der Waals surface area contributed by atoms with Crippen LogP contribution in [-0.4, -0.2) is 25.5 Å². The summed E-state index contributed by atoms with van der Waals surface area (Å²) in [5.74, 6) is -0.0788. The second-order valence-electron chi connectivity index (χ2n) is 6.74. The summed E-state index contributed by atoms with van der Waals surface area (Å²) in [4.78, 5) is 25.3. The highest BCUT2D eigenvalue weighted by Gasteiger charge is 2.15. The van der Waals surface area contributed by atoms with Crippen LogP contribution in [0.25, 0.3) is 6.08 Å². The molecule has 0 atom stereocenters. The number of nitrogens with one attached hydrogen (secondary N) is 2. The minimum absolute atomic E-state index is 0.0672. The zero-order valence-electron chi connectivity index (χ0n) is 17.1. The number of aryl methyl sites for hydroxylation is 1. The number of carbonyl (C=O) groups is 2. The Kier molecular flexibility index (Phi) is 7.59. The number of carbonyl (C=O) groups excluding carboxylic acids is 2. The number of amides is 2. The van der Waals surface area contributed by atoms with Gasteiger partial charge in [-0.05, 0) is 66.9 Å². The molecule has 0 saturated carbocycles. The third kappa shape index (κ3) is 6.57. The van der Waals surface area contributed by atoms with Crippen molar-refractivity contribution in [2.45, 2.75) is 12.8 Å². The van der Waals surface area contributed by atoms with Gasteiger partial charge in [0.15, 0.2) is 0 Å². The number of rotatable bonds is 9. The highest BCUT2D eigenvalue weighted by Crippen LogP contribution is 2.13. The fourth-order valence-electron chi connectivity index (χ4n) is 2.85. The Bertz CT molecular complexity index is 1030. The summed E-state index contributed by atoms with van der Waals surface area (Å²) in [6.45, 7) is 0.393. The van der Waals surface area contributed by atoms with Crippen LogP contribution in [0.1, 0.15) is 28.1 Å². The summed E-state index contributed by atoms with van der Waals surface area (Å²) in [6, 6.07) is 16.2. The lowest BCUT2D eigenvalue weighted by atomic mass is 10.1. The third-order valence-corrected chi connectivity index (χ3v) is 4.52. The van der Waals surface area contributed by atoms with Crippen LogP contribution >= 0.6 is 0 Å². The molecular formula is C24H23FN2O4. The monoisotopic (exact) mass is 422 g/mol. The molecule has 0 aliphatic heterocycles. The first-order valence-electron chi connectivity index (χ1n) is 9.78. The van der Waals surface area contributed by atoms with Crippen LogP contribution in [0.2, 0.25) is 0 Å². The van der Waals surface area contributed by atoms with E-state index in [1.165, 1.54) is 24.5 Å². The van der Waals surface area contributed by atoms with E-state index in [0.29, 0.717) is 36.5 Å². The number of methoxy groups -OCH3 is 1. The van der Waals surface area contributed by atoms with Crippen LogP contribution in [0.3, 0.4) is 0 Å². The van der Waals surface area contributed by atoms with Crippen molar-refractivity contribution in [2.24, 2.45) is 0 Å². The predicted octanol–water partition coefficient (Wildman–Crippen LogP) is 3.95. The maximum Gasteiger partial charge on any atom is 0.267 e. The Morgan fingerprint density at radius 1 is 1.06 bits per heavy atom. The molecule has 0 saturated heterocycles. The fraction of sp³-hybridized carbons (Fsp3) is 0.167. The van der Waals surface area contributed by atoms with Gasteiger partial charge in [-0.25, -0.2) is 4.39 Å². The molecule has 0 unspecified atom stereocenters. The van der Waals surface area contributed by atoms with Gasteiger partial charge in [0, 0.05) is 18.2 Å². The molecule has 0 bridgehead atoms. The van der Waals surface area contributed by atoms with Crippen molar-refractivity contribution in [1.82, 2.24) is 10.6 Å². The highest BCUT2D eigenvalue weighted by atomic mass is 19.1. The average molecular weight is 422 g/mol. The molecule has 160 valence electrons. The van der Waals surface area contributed by atoms with Gasteiger partial charge in [-0.2, -0.15) is 0 Å². The van der Waals surface area contributed by atoms with Crippen LogP contribution in [0.5, 0.6) is 5.75 Å². The maximum atomic E-state index is 13.0. The molecular weight excluding hydrogens is 399 g/mol. The van der Waals surface area contributed by atoms with Crippen molar-refractivity contribution < 1.29 is 23.1 Å². The molecule has 0 radical (unpaired) electrons. The summed E-state index contributed by atoms with van der Waals surface area (Å²) >= 11 is 0. The van der Waals surface area contributed by atoms with Crippen LogP contribution in [-0.2, 0) is 11.2 Å². The molecule has 7 heteroatoms. The number of hydrogen-bond donors (Lipinski definition) is 2. The first-order chi connectivity index (χ1) is 15.0. The zero-order valence-corrected chi connectivity index (χ0v) is 17.1. The summed E-state index contributed by atoms with van der Waals surface area (Å²) in [7, 11) is 1.54. The summed E-state index contributed by atoms with van der Waals surface area (Å²) in [5, 5.41) is 5.44. The van der Waals surface area contributed by atoms with E-state index in [2.05, 4.69) is 10.6 Å². The van der Waals surface area contributed by atoms with E-state index in [9.17, 15) is 14.0 Å². The molecule has 0 aliphatic rings. The van der Waals surface area contributed by atoms with Crippen molar-refractivity contribution in [3.05, 3.63) is 95.3 Å². The van der Waals surface area contributed by atoms with Crippen LogP contribution in [0, 0.1) is 5.82 Å². The minimum Gasteiger partial charge on any atom is -0.497 e. The van der Waals surface area contributed by atoms with Crippen LogP contribution in [0.15, 0.2) is 77.0 Å². The van der Waals surface area contributed by atoms with E-state index >= 15 is 0 Å². The van der Waals surface area contributed by atoms with Crippen molar-refractivity contribution >= 4 is 17.9 Å². The second kappa shape index (κ2) is 10.8. The largest absolute Gasteiger partial charge is 0.497 e. The lowest BCUT2D eigenvalue weighted by molar-refractivity contribution is -0.117. The number of ether oxygens (including phenoxy) is 1. The molecule has 3 aromatic rings. The van der Waals surface area contributed by atoms with E-state index < -0.39 is 11.8 Å². The molecule has 6 nitrogen and oxygen atoms in total. The van der Waals surface area contributed by atoms with E-state index in [1.807, 2.05) is 0 Å². The normalized spacial score (nSPS) is 11.1. The fourth-order valence-corrected chi connectivity index (χ4v) is 2.85. The van der Waals surface area contributed by atoms with E-state index in [4.69, 9.17) is 9.15 Å². The molecule has 2 amide bonds. The number of furan rings is 1. The van der Waals surface area contributed by atoms with E-state index in [-0.39, 0.29) is 11.5 Å². The summed E-state index contributed by atoms with van der Waals surface area (Å²) in [5.41, 5.74) is 1.43. The Labute approximate surface area is 179 Å². The molecule has 0 aliphatic carbocycles. The average Bonchev–Trinajstić information content (AvgIpc) is 3.30. The molecule has 2 N–H and O–H groups in total. The van der Waals surface area contributed by atoms with Gasteiger partial charge in [0.05, 0.1) is 13.4 Å². The van der Waals surface area contributed by atoms with Gasteiger partial charge in [-0.15, -0.1) is 0 Å². The molecule has 3 rings (SSSR count). The Balaban J connectivity index is 1.61. The van der Waals surface area contributed by atoms with Crippen molar-refractivity contribution in [1.29, 1.82) is 0 Å². The van der Waals surface area contributed by atoms with Gasteiger partial charge in [0.1, 0.15) is 23.0 Å². The van der Waals surface area contributed by atoms with Gasteiger partial charge in [0.2, 0.25) is 0 Å². The SMILES string of the molecule is COc1ccc(C(=O)N/C(=C\c2ccco2)C(=O)NCCCc2ccc(F)cc2)cc1. The zero-order chi connectivity index (χ0) is 22.1. The van der Waals surface area contributed by atoms with E-state index in [0.717, 1.165) is 5.56 Å². The molecule has 31 heavy (non-hydrogen) atoms. The van der Waals surface area contributed by atoms with Crippen molar-refractivity contribution in [2.75, 3.05) is 13.7 Å². The minimum atomic E-state index is -0.433. The highest BCUT2D eigenvalue weighted by molar-refractivity contribution is 6.05. The first kappa shape index (κ1) is 21.8. The van der Waals surface area contributed by atoms with Gasteiger partial charge < -0.3 is 19.8 Å². The Morgan fingerprint density at radius 3 is 2.45 bits per heavy atom. The topological polar surface area (TPSA) is 80.6 Å². The standard InChI is InChI=1S/C24H23FN2O4/c1-30-20-12-8-18(9-13-20)23(28)27-22(16-21-5-3-15-31-21)24(29)26-14-2-4-17-6-10-19(25)11-7-17/h3,5-13,15-16H,2,4,14H2,1H3,(H,26,29)(H,27,28)/b22-16-. The summed E-state index contributed by atoms with van der Waals surface area (Å²) in [6.07, 6.45) is 4.31. The van der Waals surface area contributed by atoms with Gasteiger partial charge in [-0.3, -0.25) is 9.59 Å². The molecule has 1 aromatic heterocycles. The second-order valence-corrected chi connectivity index (χ2v) is 6.74. The predicted molar refractivity (Wildman–Crippen MR) is 115 cm³/mol. The maximum absolute atomic E-state index is 13.0. The lowest BCUT2D eigenvalue weighted by Crippen LogP contribution is -2.35. The van der Waals surface area contributed by atoms with Crippen molar-refractivity contribution in [3.8, 4) is 5.75 Å². The Hall–Kier alpha value is -3.87. The van der Waals surface area contributed by atoms with Gasteiger partial charge in [0.25, 0.3) is 11.8 Å². The first-order valence-corrected chi connectivity index (χ1v) is 9.78. The molecule has 0 fully saturated rings. The quantitative estimate of drug-likeness (QED) is 0.404. The summed E-state index contributed by atoms with van der Waals surface area (Å²) < 4.78 is 23.3. The number of halogens is 1. The lowest BCUT2D eigenvalue weighted by Gasteiger charge is -2.11. The molecule has 0 spiro atoms. The number of hydrogen-bond acceptors (Lipinski definition) is 4. The van der Waals surface area contributed by atoms with E-state index in [1.54, 1.807) is 55.6 Å². The van der Waals surface area contributed by atoms with Gasteiger partial charge in [-0.1, -0.05) is 12.1 Å². The van der Waals surface area contributed by atoms with Crippen molar-refractivity contribution in [3.63, 3.8) is 0 Å². The third-order valence-electron chi connectivity index (χ3n) is 4.52. The van der Waals surface area contributed by atoms with Crippen LogP contribution in [0.4, 0.5) is 4.39 Å². The smallest absolute Gasteiger partial charge is 0.267 e.